The van der Waals surface area contributed by atoms with Crippen LogP contribution in [0.3, 0.4) is 0 Å². The summed E-state index contributed by atoms with van der Waals surface area (Å²) in [5.41, 5.74) is -0.543. The Morgan fingerprint density at radius 2 is 1.69 bits per heavy atom. The van der Waals surface area contributed by atoms with Crippen LogP contribution < -0.4 is 5.32 Å². The minimum atomic E-state index is -0.543. The van der Waals surface area contributed by atoms with Crippen molar-refractivity contribution in [2.45, 2.75) is 64.0 Å². The lowest BCUT2D eigenvalue weighted by Crippen LogP contribution is -2.47. The van der Waals surface area contributed by atoms with Crippen LogP contribution in [-0.4, -0.2) is 35.0 Å². The second-order valence-corrected chi connectivity index (χ2v) is 5.55. The van der Waals surface area contributed by atoms with E-state index in [0.29, 0.717) is 12.5 Å². The van der Waals surface area contributed by atoms with Crippen LogP contribution in [0.25, 0.3) is 0 Å². The van der Waals surface area contributed by atoms with Gasteiger partial charge >= 0.3 is 0 Å². The predicted molar refractivity (Wildman–Crippen MR) is 66.4 cm³/mol. The van der Waals surface area contributed by atoms with Gasteiger partial charge in [0.05, 0.1) is 12.2 Å². The predicted octanol–water partition coefficient (Wildman–Crippen LogP) is 1.68. The van der Waals surface area contributed by atoms with Gasteiger partial charge in [-0.25, -0.2) is 0 Å². The second-order valence-electron chi connectivity index (χ2n) is 5.55. The number of hydrogen-bond donors (Lipinski definition) is 3. The quantitative estimate of drug-likeness (QED) is 0.629. The molecule has 3 heteroatoms. The molecule has 0 aromatic heterocycles. The van der Waals surface area contributed by atoms with Gasteiger partial charge in [0.15, 0.2) is 0 Å². The molecule has 0 heterocycles. The standard InChI is InChI=1S/C13H27NO2/c1-11(2)12(9-15)14-10-13(16)7-5-3-4-6-8-13/h11-12,14-16H,3-10H2,1-2H3/t12-/m1/s1. The van der Waals surface area contributed by atoms with Crippen LogP contribution in [0, 0.1) is 5.92 Å². The molecule has 1 aliphatic rings. The van der Waals surface area contributed by atoms with Gasteiger partial charge in [-0.3, -0.25) is 0 Å². The molecule has 0 spiro atoms. The Labute approximate surface area is 99.3 Å². The van der Waals surface area contributed by atoms with Crippen molar-refractivity contribution in [1.29, 1.82) is 0 Å². The Morgan fingerprint density at radius 1 is 1.12 bits per heavy atom. The van der Waals surface area contributed by atoms with Crippen LogP contribution in [0.15, 0.2) is 0 Å². The van der Waals surface area contributed by atoms with E-state index in [-0.39, 0.29) is 12.6 Å². The van der Waals surface area contributed by atoms with Crippen molar-refractivity contribution in [3.63, 3.8) is 0 Å². The summed E-state index contributed by atoms with van der Waals surface area (Å²) in [5.74, 6) is 0.402. The molecule has 0 amide bonds. The Bertz CT molecular complexity index is 186. The van der Waals surface area contributed by atoms with Gasteiger partial charge in [-0.05, 0) is 18.8 Å². The van der Waals surface area contributed by atoms with Gasteiger partial charge in [0.2, 0.25) is 0 Å². The maximum Gasteiger partial charge on any atom is 0.0771 e. The van der Waals surface area contributed by atoms with Crippen LogP contribution >= 0.6 is 0 Å². The van der Waals surface area contributed by atoms with Crippen LogP contribution in [0.2, 0.25) is 0 Å². The first-order valence-electron chi connectivity index (χ1n) is 6.64. The highest BCUT2D eigenvalue weighted by atomic mass is 16.3. The zero-order chi connectivity index (χ0) is 12.0. The molecule has 0 radical (unpaired) electrons. The molecule has 0 unspecified atom stereocenters. The molecule has 0 aromatic carbocycles. The fraction of sp³-hybridized carbons (Fsp3) is 1.00. The largest absolute Gasteiger partial charge is 0.395 e. The summed E-state index contributed by atoms with van der Waals surface area (Å²) in [6, 6.07) is 0.104. The van der Waals surface area contributed by atoms with Crippen molar-refractivity contribution in [3.8, 4) is 0 Å². The topological polar surface area (TPSA) is 52.5 Å². The van der Waals surface area contributed by atoms with Crippen LogP contribution in [-0.2, 0) is 0 Å². The number of rotatable bonds is 5. The molecule has 0 aliphatic heterocycles. The molecule has 96 valence electrons. The Morgan fingerprint density at radius 3 is 2.12 bits per heavy atom. The molecule has 1 aliphatic carbocycles. The molecular weight excluding hydrogens is 202 g/mol. The van der Waals surface area contributed by atoms with E-state index in [9.17, 15) is 10.2 Å². The molecular formula is C13H27NO2. The molecule has 3 nitrogen and oxygen atoms in total. The molecule has 1 atom stereocenters. The molecule has 0 saturated heterocycles. The zero-order valence-electron chi connectivity index (χ0n) is 10.7. The summed E-state index contributed by atoms with van der Waals surface area (Å²) in [5, 5.41) is 23.0. The van der Waals surface area contributed by atoms with Crippen molar-refractivity contribution < 1.29 is 10.2 Å². The average Bonchev–Trinajstić information content (AvgIpc) is 2.44. The van der Waals surface area contributed by atoms with Crippen molar-refractivity contribution in [2.75, 3.05) is 13.2 Å². The van der Waals surface area contributed by atoms with E-state index in [1.807, 2.05) is 0 Å². The van der Waals surface area contributed by atoms with Crippen molar-refractivity contribution in [1.82, 2.24) is 5.32 Å². The van der Waals surface area contributed by atoms with Gasteiger partial charge < -0.3 is 15.5 Å². The van der Waals surface area contributed by atoms with Gasteiger partial charge in [0, 0.05) is 12.6 Å². The van der Waals surface area contributed by atoms with E-state index in [1.165, 1.54) is 12.8 Å². The fourth-order valence-corrected chi connectivity index (χ4v) is 2.40. The first-order valence-corrected chi connectivity index (χ1v) is 6.64. The summed E-state index contributed by atoms with van der Waals surface area (Å²) in [6.45, 7) is 4.94. The molecule has 0 aromatic rings. The second kappa shape index (κ2) is 6.58. The minimum Gasteiger partial charge on any atom is -0.395 e. The maximum absolute atomic E-state index is 10.4. The van der Waals surface area contributed by atoms with Crippen molar-refractivity contribution in [3.05, 3.63) is 0 Å². The Balaban J connectivity index is 2.38. The van der Waals surface area contributed by atoms with Gasteiger partial charge in [0.25, 0.3) is 0 Å². The lowest BCUT2D eigenvalue weighted by molar-refractivity contribution is 0.0188. The van der Waals surface area contributed by atoms with E-state index < -0.39 is 5.60 Å². The van der Waals surface area contributed by atoms with Gasteiger partial charge in [0.1, 0.15) is 0 Å². The monoisotopic (exact) mass is 229 g/mol. The van der Waals surface area contributed by atoms with E-state index in [2.05, 4.69) is 19.2 Å². The highest BCUT2D eigenvalue weighted by Gasteiger charge is 2.28. The van der Waals surface area contributed by atoms with Crippen LogP contribution in [0.4, 0.5) is 0 Å². The fourth-order valence-electron chi connectivity index (χ4n) is 2.40. The third-order valence-corrected chi connectivity index (χ3v) is 3.73. The number of hydrogen-bond acceptors (Lipinski definition) is 3. The first kappa shape index (κ1) is 13.9. The summed E-state index contributed by atoms with van der Waals surface area (Å²) in [6.07, 6.45) is 6.55. The van der Waals surface area contributed by atoms with Gasteiger partial charge in [-0.2, -0.15) is 0 Å². The third-order valence-electron chi connectivity index (χ3n) is 3.73. The Kier molecular flexibility index (Phi) is 5.73. The summed E-state index contributed by atoms with van der Waals surface area (Å²) in [7, 11) is 0. The van der Waals surface area contributed by atoms with E-state index >= 15 is 0 Å². The van der Waals surface area contributed by atoms with E-state index in [0.717, 1.165) is 25.7 Å². The molecule has 1 fully saturated rings. The SMILES string of the molecule is CC(C)[C@@H](CO)NCC1(O)CCCCCC1. The average molecular weight is 229 g/mol. The van der Waals surface area contributed by atoms with Crippen LogP contribution in [0.1, 0.15) is 52.4 Å². The number of nitrogens with one attached hydrogen (secondary N) is 1. The van der Waals surface area contributed by atoms with Crippen LogP contribution in [0.5, 0.6) is 0 Å². The summed E-state index contributed by atoms with van der Waals surface area (Å²) in [4.78, 5) is 0. The molecule has 1 rings (SSSR count). The minimum absolute atomic E-state index is 0.104. The van der Waals surface area contributed by atoms with Crippen molar-refractivity contribution in [2.24, 2.45) is 5.92 Å². The van der Waals surface area contributed by atoms with E-state index in [1.54, 1.807) is 0 Å². The Hall–Kier alpha value is -0.120. The highest BCUT2D eigenvalue weighted by molar-refractivity contribution is 4.85. The smallest absolute Gasteiger partial charge is 0.0771 e. The lowest BCUT2D eigenvalue weighted by atomic mass is 9.93. The number of aliphatic hydroxyl groups is 2. The third kappa shape index (κ3) is 4.40. The van der Waals surface area contributed by atoms with Gasteiger partial charge in [-0.15, -0.1) is 0 Å². The number of aliphatic hydroxyl groups excluding tert-OH is 1. The van der Waals surface area contributed by atoms with E-state index in [4.69, 9.17) is 0 Å². The molecule has 16 heavy (non-hydrogen) atoms. The highest BCUT2D eigenvalue weighted by Crippen LogP contribution is 2.26. The summed E-state index contributed by atoms with van der Waals surface area (Å²) < 4.78 is 0. The summed E-state index contributed by atoms with van der Waals surface area (Å²) >= 11 is 0. The lowest BCUT2D eigenvalue weighted by Gasteiger charge is -2.30. The molecule has 3 N–H and O–H groups in total. The molecule has 0 bridgehead atoms. The van der Waals surface area contributed by atoms with Crippen molar-refractivity contribution >= 4 is 0 Å². The maximum atomic E-state index is 10.4. The normalized spacial score (nSPS) is 23.1. The molecule has 1 saturated carbocycles. The first-order chi connectivity index (χ1) is 7.57. The van der Waals surface area contributed by atoms with Gasteiger partial charge in [-0.1, -0.05) is 39.5 Å². The zero-order valence-corrected chi connectivity index (χ0v) is 10.7.